The van der Waals surface area contributed by atoms with Crippen LogP contribution in [0.15, 0.2) is 9.72 Å². The molecule has 1 saturated heterocycles. The summed E-state index contributed by atoms with van der Waals surface area (Å²) in [6.07, 6.45) is 0.520. The fourth-order valence-electron chi connectivity index (χ4n) is 2.16. The van der Waals surface area contributed by atoms with E-state index in [1.54, 1.807) is 11.9 Å². The van der Waals surface area contributed by atoms with Crippen molar-refractivity contribution in [1.82, 2.24) is 15.2 Å². The predicted octanol–water partition coefficient (Wildman–Crippen LogP) is 0.218. The van der Waals surface area contributed by atoms with Crippen molar-refractivity contribution in [2.75, 3.05) is 19.3 Å². The monoisotopic (exact) mass is 314 g/mol. The molecule has 0 bridgehead atoms. The van der Waals surface area contributed by atoms with E-state index in [9.17, 15) is 9.59 Å². The second kappa shape index (κ2) is 6.55. The number of thiazole rings is 1. The van der Waals surface area contributed by atoms with Crippen LogP contribution in [0.3, 0.4) is 0 Å². The van der Waals surface area contributed by atoms with Crippen LogP contribution in [-0.4, -0.2) is 53.1 Å². The molecule has 0 aliphatic carbocycles. The number of nitrogens with zero attached hydrogens (tertiary/aromatic N) is 2. The molecule has 6 nitrogen and oxygen atoms in total. The van der Waals surface area contributed by atoms with E-state index in [1.165, 1.54) is 23.1 Å². The number of aryl methyl sites for hydroxylation is 1. The van der Waals surface area contributed by atoms with Gasteiger partial charge in [-0.15, -0.1) is 11.3 Å². The molecule has 110 valence electrons. The predicted molar refractivity (Wildman–Crippen MR) is 79.7 cm³/mol. The maximum Gasteiger partial charge on any atom is 0.242 e. The third kappa shape index (κ3) is 3.50. The molecule has 0 saturated carbocycles. The molecule has 2 rings (SSSR count). The zero-order valence-electron chi connectivity index (χ0n) is 11.5. The van der Waals surface area contributed by atoms with E-state index < -0.39 is 6.04 Å². The molecule has 1 aliphatic rings. The van der Waals surface area contributed by atoms with Crippen molar-refractivity contribution in [3.8, 4) is 0 Å². The number of aromatic nitrogens is 1. The lowest BCUT2D eigenvalue weighted by molar-refractivity contribution is -0.136. The largest absolute Gasteiger partial charge is 0.357 e. The summed E-state index contributed by atoms with van der Waals surface area (Å²) in [4.78, 5) is 29.9. The molecule has 1 fully saturated rings. The van der Waals surface area contributed by atoms with Crippen LogP contribution in [-0.2, 0) is 9.59 Å². The van der Waals surface area contributed by atoms with Crippen LogP contribution in [0, 0.1) is 6.92 Å². The van der Waals surface area contributed by atoms with E-state index in [2.05, 4.69) is 10.3 Å². The average molecular weight is 314 g/mol. The first-order chi connectivity index (χ1) is 9.51. The normalized spacial score (nSPS) is 22.1. The summed E-state index contributed by atoms with van der Waals surface area (Å²) in [6, 6.07) is -0.575. The Morgan fingerprint density at radius 2 is 2.40 bits per heavy atom. The molecule has 3 N–H and O–H groups in total. The lowest BCUT2D eigenvalue weighted by Gasteiger charge is -2.22. The lowest BCUT2D eigenvalue weighted by atomic mass is 10.1. The van der Waals surface area contributed by atoms with Crippen LogP contribution >= 0.6 is 23.1 Å². The fourth-order valence-corrected chi connectivity index (χ4v) is 3.90. The molecule has 0 aromatic carbocycles. The molecule has 0 spiro atoms. The Balaban J connectivity index is 1.95. The van der Waals surface area contributed by atoms with Gasteiger partial charge in [-0.25, -0.2) is 4.98 Å². The van der Waals surface area contributed by atoms with E-state index >= 15 is 0 Å². The number of carbonyl (C=O) groups excluding carboxylic acids is 2. The number of thioether (sulfide) groups is 1. The van der Waals surface area contributed by atoms with E-state index in [0.29, 0.717) is 13.0 Å². The van der Waals surface area contributed by atoms with E-state index in [4.69, 9.17) is 5.73 Å². The standard InChI is InChI=1S/C12H18N4O2S2/c1-7-5-19-12(15-7)20-6-10(17)16-4-8(13)3-9(16)11(18)14-2/h5,8-9H,3-4,6,13H2,1-2H3,(H,14,18)/t8-,9-/m0/s1. The van der Waals surface area contributed by atoms with Crippen molar-refractivity contribution in [2.24, 2.45) is 5.73 Å². The minimum atomic E-state index is -0.443. The van der Waals surface area contributed by atoms with Gasteiger partial charge in [0.05, 0.1) is 5.75 Å². The van der Waals surface area contributed by atoms with Crippen molar-refractivity contribution in [1.29, 1.82) is 0 Å². The zero-order valence-corrected chi connectivity index (χ0v) is 13.1. The quantitative estimate of drug-likeness (QED) is 0.776. The summed E-state index contributed by atoms with van der Waals surface area (Å²) in [7, 11) is 1.57. The van der Waals surface area contributed by atoms with Crippen LogP contribution in [0.2, 0.25) is 0 Å². The fraction of sp³-hybridized carbons (Fsp3) is 0.583. The number of likely N-dealkylation sites (tertiary alicyclic amines) is 1. The van der Waals surface area contributed by atoms with Gasteiger partial charge < -0.3 is 16.0 Å². The van der Waals surface area contributed by atoms with Crippen LogP contribution in [0.4, 0.5) is 0 Å². The Morgan fingerprint density at radius 3 is 3.00 bits per heavy atom. The third-order valence-corrected chi connectivity index (χ3v) is 5.24. The molecule has 1 aliphatic heterocycles. The number of carbonyl (C=O) groups is 2. The minimum Gasteiger partial charge on any atom is -0.357 e. The maximum atomic E-state index is 12.2. The second-order valence-electron chi connectivity index (χ2n) is 4.72. The summed E-state index contributed by atoms with van der Waals surface area (Å²) < 4.78 is 0.871. The van der Waals surface area contributed by atoms with Gasteiger partial charge in [-0.05, 0) is 13.3 Å². The van der Waals surface area contributed by atoms with Crippen LogP contribution in [0.1, 0.15) is 12.1 Å². The average Bonchev–Trinajstić information content (AvgIpc) is 3.01. The van der Waals surface area contributed by atoms with Crippen LogP contribution < -0.4 is 11.1 Å². The van der Waals surface area contributed by atoms with E-state index in [1.807, 2.05) is 12.3 Å². The highest BCUT2D eigenvalue weighted by Gasteiger charge is 2.37. The van der Waals surface area contributed by atoms with Gasteiger partial charge in [-0.1, -0.05) is 11.8 Å². The summed E-state index contributed by atoms with van der Waals surface area (Å²) in [5, 5.41) is 4.53. The van der Waals surface area contributed by atoms with Crippen molar-refractivity contribution < 1.29 is 9.59 Å². The van der Waals surface area contributed by atoms with Gasteiger partial charge in [0, 0.05) is 30.7 Å². The molecule has 1 aromatic heterocycles. The van der Waals surface area contributed by atoms with Crippen molar-refractivity contribution in [3.05, 3.63) is 11.1 Å². The van der Waals surface area contributed by atoms with Gasteiger partial charge >= 0.3 is 0 Å². The van der Waals surface area contributed by atoms with Gasteiger partial charge in [0.2, 0.25) is 11.8 Å². The van der Waals surface area contributed by atoms with E-state index in [0.717, 1.165) is 10.0 Å². The molecular formula is C12H18N4O2S2. The number of hydrogen-bond acceptors (Lipinski definition) is 6. The van der Waals surface area contributed by atoms with Gasteiger partial charge in [0.15, 0.2) is 4.34 Å². The lowest BCUT2D eigenvalue weighted by Crippen LogP contribution is -2.45. The number of amides is 2. The number of nitrogens with one attached hydrogen (secondary N) is 1. The second-order valence-corrected chi connectivity index (χ2v) is 6.80. The molecule has 20 heavy (non-hydrogen) atoms. The molecule has 0 radical (unpaired) electrons. The van der Waals surface area contributed by atoms with E-state index in [-0.39, 0.29) is 23.6 Å². The SMILES string of the molecule is CNC(=O)[C@@H]1C[C@H](N)CN1C(=O)CSc1nc(C)cs1. The Morgan fingerprint density at radius 1 is 1.65 bits per heavy atom. The van der Waals surface area contributed by atoms with Gasteiger partial charge in [0.1, 0.15) is 6.04 Å². The number of rotatable bonds is 4. The molecule has 2 amide bonds. The Kier molecular flexibility index (Phi) is 5.00. The molecule has 8 heteroatoms. The number of hydrogen-bond donors (Lipinski definition) is 2. The summed E-state index contributed by atoms with van der Waals surface area (Å²) in [5.74, 6) is 0.0680. The third-order valence-electron chi connectivity index (χ3n) is 3.12. The minimum absolute atomic E-state index is 0.0654. The summed E-state index contributed by atoms with van der Waals surface area (Å²) in [5.41, 5.74) is 6.82. The summed E-state index contributed by atoms with van der Waals surface area (Å²) >= 11 is 2.93. The molecule has 1 aromatic rings. The Bertz CT molecular complexity index is 505. The first kappa shape index (κ1) is 15.3. The van der Waals surface area contributed by atoms with Gasteiger partial charge in [-0.2, -0.15) is 0 Å². The van der Waals surface area contributed by atoms with Crippen molar-refractivity contribution in [2.45, 2.75) is 29.8 Å². The zero-order chi connectivity index (χ0) is 14.7. The van der Waals surface area contributed by atoms with Gasteiger partial charge in [-0.3, -0.25) is 9.59 Å². The first-order valence-corrected chi connectivity index (χ1v) is 8.19. The molecular weight excluding hydrogens is 296 g/mol. The maximum absolute atomic E-state index is 12.2. The highest BCUT2D eigenvalue weighted by Crippen LogP contribution is 2.24. The van der Waals surface area contributed by atoms with Crippen molar-refractivity contribution in [3.63, 3.8) is 0 Å². The topological polar surface area (TPSA) is 88.3 Å². The molecule has 2 heterocycles. The highest BCUT2D eigenvalue weighted by atomic mass is 32.2. The Labute approximate surface area is 126 Å². The first-order valence-electron chi connectivity index (χ1n) is 6.33. The number of likely N-dealkylation sites (N-methyl/N-ethyl adjacent to an activating group) is 1. The smallest absolute Gasteiger partial charge is 0.242 e. The van der Waals surface area contributed by atoms with Crippen molar-refractivity contribution >= 4 is 34.9 Å². The highest BCUT2D eigenvalue weighted by molar-refractivity contribution is 8.01. The Hall–Kier alpha value is -1.12. The summed E-state index contributed by atoms with van der Waals surface area (Å²) in [6.45, 7) is 2.36. The van der Waals surface area contributed by atoms with Gasteiger partial charge in [0.25, 0.3) is 0 Å². The number of nitrogens with two attached hydrogens (primary N) is 1. The van der Waals surface area contributed by atoms with Crippen LogP contribution in [0.5, 0.6) is 0 Å². The molecule has 0 unspecified atom stereocenters. The van der Waals surface area contributed by atoms with Crippen LogP contribution in [0.25, 0.3) is 0 Å². The molecule has 2 atom stereocenters.